The second-order valence-electron chi connectivity index (χ2n) is 9.50. The van der Waals surface area contributed by atoms with Crippen LogP contribution >= 0.6 is 12.2 Å². The van der Waals surface area contributed by atoms with Crippen molar-refractivity contribution in [3.63, 3.8) is 0 Å². The number of ether oxygens (including phenoxy) is 1. The Balaban J connectivity index is 1.40. The molecule has 5 aromatic rings. The average Bonchev–Trinajstić information content (AvgIpc) is 3.56. The highest BCUT2D eigenvalue weighted by Crippen LogP contribution is 2.42. The van der Waals surface area contributed by atoms with E-state index < -0.39 is 0 Å². The fourth-order valence-electron chi connectivity index (χ4n) is 4.98. The standard InChI is InChI=1S/C32H28N4OS/c1-22-12-14-24(15-13-22)35-21-7-10-28(35)31-30(27-9-5-6-20-33-27)34-32(38)36(31)25-16-18-26(19-17-25)37-29-11-4-3-8-23(29)2/h3-21,30-31H,1-2H3,(H,34,38)/t30-,31-/m1/s1. The molecule has 38 heavy (non-hydrogen) atoms. The summed E-state index contributed by atoms with van der Waals surface area (Å²) in [6.45, 7) is 4.15. The topological polar surface area (TPSA) is 42.3 Å². The zero-order valence-electron chi connectivity index (χ0n) is 21.3. The fourth-order valence-corrected chi connectivity index (χ4v) is 5.33. The molecule has 3 aromatic carbocycles. The van der Waals surface area contributed by atoms with Crippen molar-refractivity contribution in [1.29, 1.82) is 0 Å². The minimum Gasteiger partial charge on any atom is -0.457 e. The molecule has 1 fully saturated rings. The number of aromatic nitrogens is 2. The molecule has 1 aliphatic heterocycles. The number of aryl methyl sites for hydroxylation is 2. The lowest BCUT2D eigenvalue weighted by Crippen LogP contribution is -2.30. The second kappa shape index (κ2) is 10.1. The quantitative estimate of drug-likeness (QED) is 0.237. The van der Waals surface area contributed by atoms with Crippen LogP contribution in [0.1, 0.15) is 34.6 Å². The number of pyridine rings is 1. The normalized spacial score (nSPS) is 16.9. The molecule has 1 N–H and O–H groups in total. The van der Waals surface area contributed by atoms with E-state index >= 15 is 0 Å². The molecule has 1 saturated heterocycles. The van der Waals surface area contributed by atoms with E-state index in [1.807, 2.05) is 61.7 Å². The molecule has 0 spiro atoms. The Hall–Kier alpha value is -4.42. The zero-order chi connectivity index (χ0) is 26.1. The van der Waals surface area contributed by atoms with Gasteiger partial charge in [0.25, 0.3) is 0 Å². The summed E-state index contributed by atoms with van der Waals surface area (Å²) in [6, 6.07) is 34.7. The van der Waals surface area contributed by atoms with E-state index in [1.165, 1.54) is 5.56 Å². The highest BCUT2D eigenvalue weighted by molar-refractivity contribution is 7.80. The van der Waals surface area contributed by atoms with Crippen molar-refractivity contribution in [2.75, 3.05) is 4.90 Å². The van der Waals surface area contributed by atoms with E-state index in [-0.39, 0.29) is 12.1 Å². The molecule has 2 aromatic heterocycles. The Bertz CT molecular complexity index is 1560. The molecule has 2 atom stereocenters. The smallest absolute Gasteiger partial charge is 0.174 e. The number of thiocarbonyl (C=S) groups is 1. The van der Waals surface area contributed by atoms with Gasteiger partial charge in [0.15, 0.2) is 5.11 Å². The molecule has 5 nitrogen and oxygen atoms in total. The number of nitrogens with one attached hydrogen (secondary N) is 1. The molecule has 0 unspecified atom stereocenters. The third kappa shape index (κ3) is 4.55. The van der Waals surface area contributed by atoms with Gasteiger partial charge in [-0.3, -0.25) is 4.98 Å². The monoisotopic (exact) mass is 516 g/mol. The minimum atomic E-state index is -0.120. The number of hydrogen-bond acceptors (Lipinski definition) is 3. The summed E-state index contributed by atoms with van der Waals surface area (Å²) >= 11 is 5.93. The maximum Gasteiger partial charge on any atom is 0.174 e. The van der Waals surface area contributed by atoms with Crippen molar-refractivity contribution in [1.82, 2.24) is 14.9 Å². The number of rotatable bonds is 6. The Kier molecular flexibility index (Phi) is 6.40. The van der Waals surface area contributed by atoms with Gasteiger partial charge in [0.05, 0.1) is 11.7 Å². The van der Waals surface area contributed by atoms with Gasteiger partial charge < -0.3 is 19.5 Å². The van der Waals surface area contributed by atoms with Crippen molar-refractivity contribution < 1.29 is 4.74 Å². The van der Waals surface area contributed by atoms with Crippen LogP contribution in [0.25, 0.3) is 5.69 Å². The van der Waals surface area contributed by atoms with E-state index in [2.05, 4.69) is 87.5 Å². The van der Waals surface area contributed by atoms with Gasteiger partial charge in [-0.1, -0.05) is 42.0 Å². The molecule has 0 aliphatic carbocycles. The van der Waals surface area contributed by atoms with Gasteiger partial charge in [0.1, 0.15) is 17.5 Å². The van der Waals surface area contributed by atoms with Gasteiger partial charge in [0.2, 0.25) is 0 Å². The summed E-state index contributed by atoms with van der Waals surface area (Å²) in [5, 5.41) is 4.22. The number of anilines is 1. The number of para-hydroxylation sites is 1. The van der Waals surface area contributed by atoms with E-state index in [4.69, 9.17) is 17.0 Å². The molecular weight excluding hydrogens is 488 g/mol. The van der Waals surface area contributed by atoms with Gasteiger partial charge in [-0.05, 0) is 98.4 Å². The molecular formula is C32H28N4OS. The Morgan fingerprint density at radius 2 is 1.53 bits per heavy atom. The lowest BCUT2D eigenvalue weighted by molar-refractivity contribution is 0.479. The van der Waals surface area contributed by atoms with Crippen LogP contribution in [0, 0.1) is 13.8 Å². The van der Waals surface area contributed by atoms with Crippen molar-refractivity contribution in [2.24, 2.45) is 0 Å². The molecule has 188 valence electrons. The summed E-state index contributed by atoms with van der Waals surface area (Å²) in [5.41, 5.74) is 6.48. The first kappa shape index (κ1) is 23.9. The second-order valence-corrected chi connectivity index (χ2v) is 9.88. The number of nitrogens with zero attached hydrogens (tertiary/aromatic N) is 3. The maximum atomic E-state index is 6.15. The molecule has 6 rings (SSSR count). The van der Waals surface area contributed by atoms with Crippen LogP contribution in [0.2, 0.25) is 0 Å². The lowest BCUT2D eigenvalue weighted by atomic mass is 10.0. The SMILES string of the molecule is Cc1ccc(-n2cccc2[C@@H]2[C@@H](c3ccccn3)NC(=S)N2c2ccc(Oc3ccccc3C)cc2)cc1. The van der Waals surface area contributed by atoms with Crippen LogP contribution in [0.4, 0.5) is 5.69 Å². The van der Waals surface area contributed by atoms with Crippen LogP contribution in [0.15, 0.2) is 116 Å². The molecule has 3 heterocycles. The predicted octanol–water partition coefficient (Wildman–Crippen LogP) is 7.46. The third-order valence-electron chi connectivity index (χ3n) is 6.93. The van der Waals surface area contributed by atoms with E-state index in [0.29, 0.717) is 5.11 Å². The summed E-state index contributed by atoms with van der Waals surface area (Å²) in [4.78, 5) is 6.88. The van der Waals surface area contributed by atoms with Gasteiger partial charge in [-0.2, -0.15) is 0 Å². The van der Waals surface area contributed by atoms with Crippen LogP contribution in [0.3, 0.4) is 0 Å². The Morgan fingerprint density at radius 1 is 0.789 bits per heavy atom. The van der Waals surface area contributed by atoms with Crippen LogP contribution in [-0.2, 0) is 0 Å². The van der Waals surface area contributed by atoms with Crippen molar-refractivity contribution >= 4 is 23.0 Å². The summed E-state index contributed by atoms with van der Waals surface area (Å²) in [5.74, 6) is 1.63. The van der Waals surface area contributed by atoms with Gasteiger partial charge in [-0.25, -0.2) is 0 Å². The Morgan fingerprint density at radius 3 is 2.26 bits per heavy atom. The van der Waals surface area contributed by atoms with Gasteiger partial charge >= 0.3 is 0 Å². The summed E-state index contributed by atoms with van der Waals surface area (Å²) in [6.07, 6.45) is 3.94. The molecule has 0 radical (unpaired) electrons. The summed E-state index contributed by atoms with van der Waals surface area (Å²) in [7, 11) is 0. The van der Waals surface area contributed by atoms with Crippen molar-refractivity contribution in [3.8, 4) is 17.2 Å². The first-order valence-corrected chi connectivity index (χ1v) is 13.1. The molecule has 0 bridgehead atoms. The highest BCUT2D eigenvalue weighted by Gasteiger charge is 2.42. The zero-order valence-corrected chi connectivity index (χ0v) is 22.1. The fraction of sp³-hybridized carbons (Fsp3) is 0.125. The van der Waals surface area contributed by atoms with Crippen molar-refractivity contribution in [2.45, 2.75) is 25.9 Å². The van der Waals surface area contributed by atoms with Crippen LogP contribution < -0.4 is 15.0 Å². The highest BCUT2D eigenvalue weighted by atomic mass is 32.1. The molecule has 1 aliphatic rings. The third-order valence-corrected chi connectivity index (χ3v) is 7.24. The van der Waals surface area contributed by atoms with Gasteiger partial charge in [-0.15, -0.1) is 0 Å². The van der Waals surface area contributed by atoms with E-state index in [1.54, 1.807) is 0 Å². The maximum absolute atomic E-state index is 6.15. The van der Waals surface area contributed by atoms with Crippen molar-refractivity contribution in [3.05, 3.63) is 138 Å². The Labute approximate surface area is 228 Å². The number of benzene rings is 3. The molecule has 0 amide bonds. The molecule has 0 saturated carbocycles. The van der Waals surface area contributed by atoms with E-state index in [0.717, 1.165) is 39.8 Å². The predicted molar refractivity (Wildman–Crippen MR) is 156 cm³/mol. The van der Waals surface area contributed by atoms with Crippen LogP contribution in [-0.4, -0.2) is 14.7 Å². The first-order valence-electron chi connectivity index (χ1n) is 12.7. The average molecular weight is 517 g/mol. The number of hydrogen-bond donors (Lipinski definition) is 1. The minimum absolute atomic E-state index is 0.114. The first-order chi connectivity index (χ1) is 18.6. The molecule has 6 heteroatoms. The summed E-state index contributed by atoms with van der Waals surface area (Å²) < 4.78 is 8.38. The van der Waals surface area contributed by atoms with E-state index in [9.17, 15) is 0 Å². The lowest BCUT2D eigenvalue weighted by Gasteiger charge is -2.29. The van der Waals surface area contributed by atoms with Crippen LogP contribution in [0.5, 0.6) is 11.5 Å². The van der Waals surface area contributed by atoms with Gasteiger partial charge in [0, 0.05) is 29.5 Å². The largest absolute Gasteiger partial charge is 0.457 e.